The molecule has 0 spiro atoms. The monoisotopic (exact) mass is 332 g/mol. The molecule has 0 aliphatic rings. The summed E-state index contributed by atoms with van der Waals surface area (Å²) >= 11 is 1.64. The number of hydrogen-bond acceptors (Lipinski definition) is 6. The quantitative estimate of drug-likeness (QED) is 0.752. The molecule has 7 heteroatoms. The number of nitrogens with one attached hydrogen (secondary N) is 1. The molecule has 23 heavy (non-hydrogen) atoms. The molecule has 0 aliphatic heterocycles. The SMILES string of the molecule is COc1cc(CCNc2nc3c(s2)c(C)nn3C)cc(OC)c1. The molecule has 0 aliphatic carbocycles. The van der Waals surface area contributed by atoms with Gasteiger partial charge in [-0.25, -0.2) is 9.67 Å². The Bertz CT molecular complexity index is 768. The number of aryl methyl sites for hydroxylation is 2. The lowest BCUT2D eigenvalue weighted by atomic mass is 10.1. The number of fused-ring (bicyclic) bond motifs is 1. The molecule has 1 N–H and O–H groups in total. The van der Waals surface area contributed by atoms with Crippen LogP contribution in [0.15, 0.2) is 18.2 Å². The van der Waals surface area contributed by atoms with E-state index in [2.05, 4.69) is 15.4 Å². The largest absolute Gasteiger partial charge is 0.497 e. The normalized spacial score (nSPS) is 11.0. The summed E-state index contributed by atoms with van der Waals surface area (Å²) in [4.78, 5) is 4.59. The van der Waals surface area contributed by atoms with Gasteiger partial charge < -0.3 is 14.8 Å². The van der Waals surface area contributed by atoms with E-state index in [1.54, 1.807) is 25.6 Å². The highest BCUT2D eigenvalue weighted by molar-refractivity contribution is 7.22. The molecule has 0 saturated carbocycles. The lowest BCUT2D eigenvalue weighted by Gasteiger charge is -2.08. The van der Waals surface area contributed by atoms with Gasteiger partial charge >= 0.3 is 0 Å². The minimum atomic E-state index is 0.794. The Morgan fingerprint density at radius 3 is 2.48 bits per heavy atom. The van der Waals surface area contributed by atoms with E-state index < -0.39 is 0 Å². The standard InChI is InChI=1S/C16H20N4O2S/c1-10-14-15(20(2)19-10)18-16(23-14)17-6-5-11-7-12(21-3)9-13(8-11)22-4/h7-9H,5-6H2,1-4H3,(H,17,18). The predicted octanol–water partition coefficient (Wildman–Crippen LogP) is 3.01. The Hall–Kier alpha value is -2.28. The number of ether oxygens (including phenoxy) is 2. The summed E-state index contributed by atoms with van der Waals surface area (Å²) in [7, 11) is 5.24. The Balaban J connectivity index is 1.67. The number of aromatic nitrogens is 3. The summed E-state index contributed by atoms with van der Waals surface area (Å²) in [5, 5.41) is 8.67. The fourth-order valence-corrected chi connectivity index (χ4v) is 3.44. The smallest absolute Gasteiger partial charge is 0.185 e. The van der Waals surface area contributed by atoms with Gasteiger partial charge in [-0.15, -0.1) is 0 Å². The van der Waals surface area contributed by atoms with Gasteiger partial charge in [0.1, 0.15) is 11.5 Å². The molecule has 2 heterocycles. The highest BCUT2D eigenvalue weighted by Gasteiger charge is 2.11. The number of anilines is 1. The van der Waals surface area contributed by atoms with Crippen LogP contribution in [0.1, 0.15) is 11.3 Å². The lowest BCUT2D eigenvalue weighted by molar-refractivity contribution is 0.393. The van der Waals surface area contributed by atoms with Crippen LogP contribution in [0.5, 0.6) is 11.5 Å². The predicted molar refractivity (Wildman–Crippen MR) is 92.9 cm³/mol. The van der Waals surface area contributed by atoms with Gasteiger partial charge in [0.25, 0.3) is 0 Å². The van der Waals surface area contributed by atoms with Crippen LogP contribution in [0.4, 0.5) is 5.13 Å². The molecule has 0 fully saturated rings. The van der Waals surface area contributed by atoms with E-state index in [9.17, 15) is 0 Å². The zero-order valence-corrected chi connectivity index (χ0v) is 14.5. The third-order valence-electron chi connectivity index (χ3n) is 3.65. The van der Waals surface area contributed by atoms with Crippen molar-refractivity contribution in [3.63, 3.8) is 0 Å². The molecule has 1 aromatic carbocycles. The topological polar surface area (TPSA) is 61.2 Å². The average Bonchev–Trinajstić information content (AvgIpc) is 3.08. The van der Waals surface area contributed by atoms with Gasteiger partial charge in [-0.1, -0.05) is 11.3 Å². The maximum absolute atomic E-state index is 5.30. The van der Waals surface area contributed by atoms with Crippen molar-refractivity contribution in [2.45, 2.75) is 13.3 Å². The van der Waals surface area contributed by atoms with Gasteiger partial charge in [-0.2, -0.15) is 5.10 Å². The first-order valence-electron chi connectivity index (χ1n) is 7.36. The highest BCUT2D eigenvalue weighted by atomic mass is 32.1. The van der Waals surface area contributed by atoms with Gasteiger partial charge in [0.2, 0.25) is 0 Å². The van der Waals surface area contributed by atoms with Crippen molar-refractivity contribution >= 4 is 26.8 Å². The molecule has 122 valence electrons. The average molecular weight is 332 g/mol. The van der Waals surface area contributed by atoms with Crippen LogP contribution < -0.4 is 14.8 Å². The Kier molecular flexibility index (Phi) is 4.38. The minimum Gasteiger partial charge on any atom is -0.497 e. The molecule has 0 radical (unpaired) electrons. The van der Waals surface area contributed by atoms with Crippen LogP contribution >= 0.6 is 11.3 Å². The van der Waals surface area contributed by atoms with Gasteiger partial charge in [0.15, 0.2) is 10.8 Å². The summed E-state index contributed by atoms with van der Waals surface area (Å²) in [6.07, 6.45) is 0.862. The summed E-state index contributed by atoms with van der Waals surface area (Å²) in [6, 6.07) is 5.92. The number of benzene rings is 1. The molecular weight excluding hydrogens is 312 g/mol. The Labute approximate surface area is 139 Å². The molecular formula is C16H20N4O2S. The Morgan fingerprint density at radius 2 is 1.87 bits per heavy atom. The molecule has 3 rings (SSSR count). The van der Waals surface area contributed by atoms with E-state index in [0.29, 0.717) is 0 Å². The first-order chi connectivity index (χ1) is 11.1. The van der Waals surface area contributed by atoms with E-state index in [0.717, 1.165) is 51.2 Å². The molecule has 0 unspecified atom stereocenters. The van der Waals surface area contributed by atoms with Crippen molar-refractivity contribution in [1.82, 2.24) is 14.8 Å². The zero-order valence-electron chi connectivity index (χ0n) is 13.7. The van der Waals surface area contributed by atoms with Gasteiger partial charge in [-0.3, -0.25) is 0 Å². The lowest BCUT2D eigenvalue weighted by Crippen LogP contribution is -2.05. The summed E-state index contributed by atoms with van der Waals surface area (Å²) in [5.41, 5.74) is 3.11. The van der Waals surface area contributed by atoms with Crippen LogP contribution in [0.25, 0.3) is 10.3 Å². The van der Waals surface area contributed by atoms with E-state index in [1.807, 2.05) is 36.9 Å². The molecule has 0 bridgehead atoms. The van der Waals surface area contributed by atoms with E-state index in [-0.39, 0.29) is 0 Å². The van der Waals surface area contributed by atoms with Crippen molar-refractivity contribution in [3.8, 4) is 11.5 Å². The van der Waals surface area contributed by atoms with Crippen LogP contribution in [-0.2, 0) is 13.5 Å². The first-order valence-corrected chi connectivity index (χ1v) is 8.18. The summed E-state index contributed by atoms with van der Waals surface area (Å²) in [6.45, 7) is 2.80. The first kappa shape index (κ1) is 15.6. The van der Waals surface area contributed by atoms with Gasteiger partial charge in [0, 0.05) is 19.7 Å². The molecule has 0 amide bonds. The van der Waals surface area contributed by atoms with Crippen LogP contribution in [0, 0.1) is 6.92 Å². The highest BCUT2D eigenvalue weighted by Crippen LogP contribution is 2.28. The van der Waals surface area contributed by atoms with Crippen molar-refractivity contribution in [2.75, 3.05) is 26.1 Å². The second-order valence-corrected chi connectivity index (χ2v) is 6.28. The minimum absolute atomic E-state index is 0.794. The van der Waals surface area contributed by atoms with Crippen molar-refractivity contribution in [1.29, 1.82) is 0 Å². The van der Waals surface area contributed by atoms with E-state index in [1.165, 1.54) is 0 Å². The fourth-order valence-electron chi connectivity index (χ4n) is 2.48. The van der Waals surface area contributed by atoms with Crippen molar-refractivity contribution in [3.05, 3.63) is 29.5 Å². The number of nitrogens with zero attached hydrogens (tertiary/aromatic N) is 3. The zero-order chi connectivity index (χ0) is 16.4. The summed E-state index contributed by atoms with van der Waals surface area (Å²) < 4.78 is 13.6. The third kappa shape index (κ3) is 3.24. The summed E-state index contributed by atoms with van der Waals surface area (Å²) in [5.74, 6) is 1.61. The van der Waals surface area contributed by atoms with Crippen molar-refractivity contribution in [2.24, 2.45) is 7.05 Å². The Morgan fingerprint density at radius 1 is 1.17 bits per heavy atom. The molecule has 0 saturated heterocycles. The van der Waals surface area contributed by atoms with E-state index >= 15 is 0 Å². The van der Waals surface area contributed by atoms with Crippen LogP contribution in [-0.4, -0.2) is 35.5 Å². The molecule has 2 aromatic heterocycles. The maximum atomic E-state index is 5.30. The molecule has 6 nitrogen and oxygen atoms in total. The van der Waals surface area contributed by atoms with Crippen LogP contribution in [0.2, 0.25) is 0 Å². The van der Waals surface area contributed by atoms with E-state index in [4.69, 9.17) is 9.47 Å². The second kappa shape index (κ2) is 6.45. The number of methoxy groups -OCH3 is 2. The van der Waals surface area contributed by atoms with Crippen LogP contribution in [0.3, 0.4) is 0 Å². The third-order valence-corrected chi connectivity index (χ3v) is 4.76. The molecule has 0 atom stereocenters. The molecule has 3 aromatic rings. The maximum Gasteiger partial charge on any atom is 0.185 e. The number of rotatable bonds is 6. The number of thiazole rings is 1. The van der Waals surface area contributed by atoms with Gasteiger partial charge in [0.05, 0.1) is 24.6 Å². The number of hydrogen-bond donors (Lipinski definition) is 1. The second-order valence-electron chi connectivity index (χ2n) is 5.28. The van der Waals surface area contributed by atoms with Gasteiger partial charge in [-0.05, 0) is 31.0 Å². The van der Waals surface area contributed by atoms with Crippen molar-refractivity contribution < 1.29 is 9.47 Å². The fraction of sp³-hybridized carbons (Fsp3) is 0.375.